The first-order chi connectivity index (χ1) is 10.2. The molecule has 0 spiro atoms. The van der Waals surface area contributed by atoms with E-state index in [2.05, 4.69) is 3.77 Å². The quantitative estimate of drug-likeness (QED) is 0.926. The number of hydrogen-bond acceptors (Lipinski definition) is 4. The van der Waals surface area contributed by atoms with E-state index in [1.165, 1.54) is 30.5 Å². The van der Waals surface area contributed by atoms with E-state index in [1.54, 1.807) is 24.3 Å². The maximum absolute atomic E-state index is 12.6. The molecule has 7 heteroatoms. The van der Waals surface area contributed by atoms with Gasteiger partial charge in [0.05, 0.1) is 21.2 Å². The van der Waals surface area contributed by atoms with Crippen molar-refractivity contribution in [3.05, 3.63) is 59.7 Å². The van der Waals surface area contributed by atoms with Gasteiger partial charge in [-0.1, -0.05) is 29.8 Å². The van der Waals surface area contributed by atoms with E-state index in [9.17, 15) is 12.6 Å². The summed E-state index contributed by atoms with van der Waals surface area (Å²) in [5, 5.41) is 9.00. The molecule has 0 aliphatic heterocycles. The lowest BCUT2D eigenvalue weighted by Crippen LogP contribution is -2.05. The van der Waals surface area contributed by atoms with Crippen molar-refractivity contribution in [2.24, 2.45) is 3.77 Å². The molecule has 0 heterocycles. The summed E-state index contributed by atoms with van der Waals surface area (Å²) in [6.45, 7) is 1.71. The summed E-state index contributed by atoms with van der Waals surface area (Å²) in [6, 6.07) is 12.4. The minimum atomic E-state index is -4.00. The Morgan fingerprint density at radius 2 is 1.41 bits per heavy atom. The summed E-state index contributed by atoms with van der Waals surface area (Å²) in [6.07, 6.45) is 1.28. The Morgan fingerprint density at radius 1 is 0.909 bits per heavy atom. The molecule has 0 aromatic heterocycles. The first-order valence-corrected chi connectivity index (χ1v) is 9.86. The third kappa shape index (κ3) is 3.73. The molecule has 2 aromatic rings. The summed E-state index contributed by atoms with van der Waals surface area (Å²) in [5.41, 5.74) is 1.58. The Hall–Kier alpha value is -1.70. The third-order valence-corrected chi connectivity index (χ3v) is 7.04. The number of aliphatic hydroxyl groups excluding tert-OH is 1. The molecule has 1 atom stereocenters. The van der Waals surface area contributed by atoms with Gasteiger partial charge in [0.1, 0.15) is 0 Å². The number of benzene rings is 2. The molecule has 0 saturated heterocycles. The normalized spacial score (nSPS) is 14.3. The Balaban J connectivity index is 2.48. The fraction of sp³-hybridized carbons (Fsp3) is 0.200. The molecule has 1 N–H and O–H groups in total. The topological polar surface area (TPSA) is 83.8 Å². The number of hydrogen-bond donors (Lipinski definition) is 1. The van der Waals surface area contributed by atoms with Crippen molar-refractivity contribution in [1.82, 2.24) is 0 Å². The van der Waals surface area contributed by atoms with Crippen molar-refractivity contribution in [2.45, 2.75) is 23.3 Å². The molecule has 22 heavy (non-hydrogen) atoms. The first-order valence-electron chi connectivity index (χ1n) is 6.49. The van der Waals surface area contributed by atoms with E-state index in [0.29, 0.717) is 10.5 Å². The van der Waals surface area contributed by atoms with Crippen LogP contribution in [-0.2, 0) is 26.4 Å². The third-order valence-electron chi connectivity index (χ3n) is 3.10. The highest BCUT2D eigenvalue weighted by Crippen LogP contribution is 2.19. The highest BCUT2D eigenvalue weighted by Gasteiger charge is 2.17. The zero-order valence-corrected chi connectivity index (χ0v) is 13.9. The summed E-state index contributed by atoms with van der Waals surface area (Å²) in [4.78, 5) is 0.319. The summed E-state index contributed by atoms with van der Waals surface area (Å²) >= 11 is 0. The average Bonchev–Trinajstić information content (AvgIpc) is 2.46. The molecule has 0 amide bonds. The van der Waals surface area contributed by atoms with Crippen molar-refractivity contribution in [1.29, 1.82) is 0 Å². The number of aryl methyl sites for hydroxylation is 1. The van der Waals surface area contributed by atoms with Crippen LogP contribution >= 0.6 is 0 Å². The molecule has 1 unspecified atom stereocenters. The van der Waals surface area contributed by atoms with E-state index >= 15 is 0 Å². The van der Waals surface area contributed by atoms with E-state index in [4.69, 9.17) is 5.11 Å². The molecule has 118 valence electrons. The van der Waals surface area contributed by atoms with E-state index in [1.807, 2.05) is 6.92 Å². The van der Waals surface area contributed by atoms with Crippen LogP contribution in [0.2, 0.25) is 0 Å². The molecule has 0 bridgehead atoms. The van der Waals surface area contributed by atoms with Crippen LogP contribution in [0.5, 0.6) is 0 Å². The van der Waals surface area contributed by atoms with Crippen LogP contribution in [0.1, 0.15) is 11.1 Å². The molecule has 0 aliphatic carbocycles. The highest BCUT2D eigenvalue weighted by atomic mass is 32.3. The van der Waals surface area contributed by atoms with Gasteiger partial charge in [0.2, 0.25) is 0 Å². The lowest BCUT2D eigenvalue weighted by atomic mass is 10.2. The van der Waals surface area contributed by atoms with E-state index in [0.717, 1.165) is 5.56 Å². The van der Waals surface area contributed by atoms with Gasteiger partial charge in [0, 0.05) is 11.2 Å². The fourth-order valence-electron chi connectivity index (χ4n) is 1.83. The standard InChI is InChI=1S/C15H17NO4S2/c1-12-3-7-15(8-4-12)22(19,20)16-21(2,18)14-9-5-13(11-17)6-10-14/h3-10,17H,11H2,1-2H3. The lowest BCUT2D eigenvalue weighted by Gasteiger charge is -2.06. The monoisotopic (exact) mass is 339 g/mol. The van der Waals surface area contributed by atoms with Gasteiger partial charge in [-0.15, -0.1) is 3.77 Å². The molecular formula is C15H17NO4S2. The van der Waals surface area contributed by atoms with Gasteiger partial charge < -0.3 is 5.11 Å². The first kappa shape index (κ1) is 16.7. The van der Waals surface area contributed by atoms with Gasteiger partial charge in [-0.2, -0.15) is 8.42 Å². The zero-order valence-electron chi connectivity index (χ0n) is 12.3. The summed E-state index contributed by atoms with van der Waals surface area (Å²) < 4.78 is 40.8. The van der Waals surface area contributed by atoms with Crippen LogP contribution in [0.3, 0.4) is 0 Å². The number of aliphatic hydroxyl groups is 1. The molecule has 0 aliphatic rings. The highest BCUT2D eigenvalue weighted by molar-refractivity contribution is 8.03. The van der Waals surface area contributed by atoms with Gasteiger partial charge in [-0.3, -0.25) is 0 Å². The molecule has 5 nitrogen and oxygen atoms in total. The Kier molecular flexibility index (Phi) is 4.69. The van der Waals surface area contributed by atoms with Crippen molar-refractivity contribution in [3.8, 4) is 0 Å². The van der Waals surface area contributed by atoms with Crippen molar-refractivity contribution < 1.29 is 17.7 Å². The van der Waals surface area contributed by atoms with Crippen molar-refractivity contribution >= 4 is 19.8 Å². The predicted molar refractivity (Wildman–Crippen MR) is 85.5 cm³/mol. The van der Waals surface area contributed by atoms with Gasteiger partial charge >= 0.3 is 0 Å². The van der Waals surface area contributed by atoms with Crippen molar-refractivity contribution in [3.63, 3.8) is 0 Å². The number of rotatable bonds is 4. The van der Waals surface area contributed by atoms with Crippen LogP contribution in [0, 0.1) is 6.92 Å². The number of nitrogens with zero attached hydrogens (tertiary/aromatic N) is 1. The SMILES string of the molecule is Cc1ccc(S(=O)(=O)N=S(C)(=O)c2ccc(CO)cc2)cc1. The maximum atomic E-state index is 12.6. The molecule has 2 aromatic carbocycles. The molecule has 0 radical (unpaired) electrons. The van der Waals surface area contributed by atoms with Crippen LogP contribution in [0.4, 0.5) is 0 Å². The Labute approximate surface area is 130 Å². The van der Waals surface area contributed by atoms with Crippen LogP contribution in [0.25, 0.3) is 0 Å². The second-order valence-electron chi connectivity index (χ2n) is 4.97. The smallest absolute Gasteiger partial charge is 0.290 e. The van der Waals surface area contributed by atoms with Crippen molar-refractivity contribution in [2.75, 3.05) is 6.26 Å². The van der Waals surface area contributed by atoms with E-state index in [-0.39, 0.29) is 11.5 Å². The lowest BCUT2D eigenvalue weighted by molar-refractivity contribution is 0.282. The summed E-state index contributed by atoms with van der Waals surface area (Å²) in [7, 11) is -7.09. The second-order valence-corrected chi connectivity index (χ2v) is 9.06. The average molecular weight is 339 g/mol. The Bertz CT molecular complexity index is 876. The number of sulfonamides is 1. The largest absolute Gasteiger partial charge is 0.392 e. The maximum Gasteiger partial charge on any atom is 0.290 e. The second kappa shape index (κ2) is 6.20. The van der Waals surface area contributed by atoms with Crippen LogP contribution in [0.15, 0.2) is 62.1 Å². The van der Waals surface area contributed by atoms with Gasteiger partial charge in [0.25, 0.3) is 10.0 Å². The van der Waals surface area contributed by atoms with Gasteiger partial charge in [-0.25, -0.2) is 4.21 Å². The Morgan fingerprint density at radius 3 is 1.91 bits per heavy atom. The minimum absolute atomic E-state index is 0.0136. The van der Waals surface area contributed by atoms with Crippen LogP contribution < -0.4 is 0 Å². The van der Waals surface area contributed by atoms with E-state index < -0.39 is 19.8 Å². The van der Waals surface area contributed by atoms with Gasteiger partial charge in [-0.05, 0) is 36.8 Å². The summed E-state index contributed by atoms with van der Waals surface area (Å²) in [5.74, 6) is 0. The fourth-order valence-corrected chi connectivity index (χ4v) is 5.14. The molecule has 0 saturated carbocycles. The molecule has 2 rings (SSSR count). The van der Waals surface area contributed by atoms with Gasteiger partial charge in [0.15, 0.2) is 0 Å². The van der Waals surface area contributed by atoms with Crippen LogP contribution in [-0.4, -0.2) is 24.0 Å². The zero-order chi connectivity index (χ0) is 16.4. The molecular weight excluding hydrogens is 322 g/mol. The molecule has 0 fully saturated rings. The minimum Gasteiger partial charge on any atom is -0.392 e. The predicted octanol–water partition coefficient (Wildman–Crippen LogP) is 2.33.